The van der Waals surface area contributed by atoms with Crippen molar-refractivity contribution in [3.8, 4) is 0 Å². The van der Waals surface area contributed by atoms with Gasteiger partial charge in [0.05, 0.1) is 28.4 Å². The third-order valence-corrected chi connectivity index (χ3v) is 6.66. The second-order valence-corrected chi connectivity index (χ2v) is 8.92. The molecule has 2 aromatic carbocycles. The molecule has 0 saturated carbocycles. The van der Waals surface area contributed by atoms with E-state index in [4.69, 9.17) is 4.98 Å². The van der Waals surface area contributed by atoms with Crippen LogP contribution in [0.15, 0.2) is 42.5 Å². The van der Waals surface area contributed by atoms with E-state index in [-0.39, 0.29) is 18.4 Å². The van der Waals surface area contributed by atoms with Gasteiger partial charge in [0.2, 0.25) is 11.8 Å². The highest BCUT2D eigenvalue weighted by atomic mass is 32.2. The number of nitrogens with zero attached hydrogens (tertiary/aromatic N) is 3. The lowest BCUT2D eigenvalue weighted by Crippen LogP contribution is -2.40. The number of carbonyl (C=O) groups is 2. The number of carbonyl (C=O) groups excluding carboxylic acids is 2. The summed E-state index contributed by atoms with van der Waals surface area (Å²) in [6, 6.07) is 14.1. The summed E-state index contributed by atoms with van der Waals surface area (Å²) in [4.78, 5) is 33.3. The zero-order chi connectivity index (χ0) is 19.7. The van der Waals surface area contributed by atoms with Crippen molar-refractivity contribution < 1.29 is 9.59 Å². The highest BCUT2D eigenvalue weighted by Crippen LogP contribution is 2.32. The lowest BCUT2D eigenvalue weighted by molar-refractivity contribution is -0.131. The van der Waals surface area contributed by atoms with Crippen LogP contribution < -0.4 is 4.90 Å². The first kappa shape index (κ1) is 19.0. The number of aromatic nitrogens is 1. The summed E-state index contributed by atoms with van der Waals surface area (Å²) in [6.07, 6.45) is 0. The Morgan fingerprint density at radius 3 is 2.71 bits per heavy atom. The molecule has 1 aliphatic heterocycles. The van der Waals surface area contributed by atoms with Gasteiger partial charge in [0.1, 0.15) is 6.54 Å². The molecule has 0 spiro atoms. The maximum Gasteiger partial charge on any atom is 0.248 e. The molecule has 7 heteroatoms. The molecule has 0 radical (unpaired) electrons. The fraction of sp³-hybridized carbons (Fsp3) is 0.286. The number of anilines is 1. The molecule has 5 nitrogen and oxygen atoms in total. The fourth-order valence-electron chi connectivity index (χ4n) is 3.29. The van der Waals surface area contributed by atoms with Crippen LogP contribution >= 0.6 is 23.1 Å². The fourth-order valence-corrected chi connectivity index (χ4v) is 5.35. The molecule has 0 bridgehead atoms. The van der Waals surface area contributed by atoms with E-state index in [1.165, 1.54) is 16.9 Å². The molecular formula is C21H21N3O2S2. The van der Waals surface area contributed by atoms with Gasteiger partial charge in [-0.1, -0.05) is 47.7 Å². The van der Waals surface area contributed by atoms with Crippen LogP contribution in [0.3, 0.4) is 0 Å². The number of thioether (sulfide) groups is 1. The van der Waals surface area contributed by atoms with E-state index in [0.717, 1.165) is 21.3 Å². The van der Waals surface area contributed by atoms with Crippen LogP contribution in [-0.4, -0.2) is 39.9 Å². The quantitative estimate of drug-likeness (QED) is 0.637. The van der Waals surface area contributed by atoms with Crippen molar-refractivity contribution in [1.29, 1.82) is 0 Å². The number of benzene rings is 2. The van der Waals surface area contributed by atoms with E-state index in [0.29, 0.717) is 23.3 Å². The molecule has 2 heterocycles. The number of aryl methyl sites for hydroxylation is 2. The third kappa shape index (κ3) is 3.91. The lowest BCUT2D eigenvalue weighted by Gasteiger charge is -2.23. The van der Waals surface area contributed by atoms with Crippen LogP contribution in [0.25, 0.3) is 10.2 Å². The average Bonchev–Trinajstić information content (AvgIpc) is 3.27. The number of hydrogen-bond acceptors (Lipinski definition) is 5. The van der Waals surface area contributed by atoms with Crippen molar-refractivity contribution in [2.24, 2.45) is 0 Å². The molecule has 0 N–H and O–H groups in total. The number of rotatable bonds is 5. The maximum absolute atomic E-state index is 13.2. The average molecular weight is 412 g/mol. The van der Waals surface area contributed by atoms with Gasteiger partial charge in [-0.2, -0.15) is 0 Å². The molecule has 0 unspecified atom stereocenters. The van der Waals surface area contributed by atoms with Crippen LogP contribution in [0.4, 0.5) is 5.13 Å². The molecule has 1 aliphatic rings. The van der Waals surface area contributed by atoms with Gasteiger partial charge in [-0.25, -0.2) is 4.98 Å². The zero-order valence-corrected chi connectivity index (χ0v) is 17.5. The Labute approximate surface area is 172 Å². The Hall–Kier alpha value is -2.38. The molecule has 0 aliphatic carbocycles. The topological polar surface area (TPSA) is 53.5 Å². The molecule has 1 fully saturated rings. The monoisotopic (exact) mass is 411 g/mol. The first-order chi connectivity index (χ1) is 13.5. The molecule has 0 atom stereocenters. The summed E-state index contributed by atoms with van der Waals surface area (Å²) >= 11 is 3.07. The minimum Gasteiger partial charge on any atom is -0.323 e. The van der Waals surface area contributed by atoms with Crippen LogP contribution in [0.5, 0.6) is 0 Å². The van der Waals surface area contributed by atoms with Crippen molar-refractivity contribution in [2.75, 3.05) is 23.1 Å². The SMILES string of the molecule is Cc1cc(C)c2nc(N(Cc3ccccc3)C(=O)CN3CSCC3=O)sc2c1. The van der Waals surface area contributed by atoms with Gasteiger partial charge in [-0.3, -0.25) is 14.5 Å². The Balaban J connectivity index is 1.68. The molecule has 2 amide bonds. The summed E-state index contributed by atoms with van der Waals surface area (Å²) in [7, 11) is 0. The normalized spacial score (nSPS) is 14.1. The van der Waals surface area contributed by atoms with E-state index in [1.54, 1.807) is 21.6 Å². The molecule has 144 valence electrons. The number of hydrogen-bond donors (Lipinski definition) is 0. The van der Waals surface area contributed by atoms with Gasteiger partial charge in [0, 0.05) is 0 Å². The van der Waals surface area contributed by atoms with Crippen LogP contribution in [0, 0.1) is 13.8 Å². The second kappa shape index (κ2) is 7.93. The largest absolute Gasteiger partial charge is 0.323 e. The summed E-state index contributed by atoms with van der Waals surface area (Å²) in [5, 5.41) is 0.678. The summed E-state index contributed by atoms with van der Waals surface area (Å²) in [5.41, 5.74) is 4.26. The Bertz CT molecular complexity index is 1030. The molecular weight excluding hydrogens is 390 g/mol. The summed E-state index contributed by atoms with van der Waals surface area (Å²) < 4.78 is 1.08. The van der Waals surface area contributed by atoms with Crippen LogP contribution in [0.1, 0.15) is 16.7 Å². The van der Waals surface area contributed by atoms with Gasteiger partial charge in [-0.15, -0.1) is 11.8 Å². The molecule has 4 rings (SSSR count). The molecule has 3 aromatic rings. The van der Waals surface area contributed by atoms with E-state index in [1.807, 2.05) is 37.3 Å². The second-order valence-electron chi connectivity index (χ2n) is 6.96. The predicted octanol–water partition coefficient (Wildman–Crippen LogP) is 3.98. The lowest BCUT2D eigenvalue weighted by atomic mass is 10.1. The van der Waals surface area contributed by atoms with Crippen LogP contribution in [-0.2, 0) is 16.1 Å². The van der Waals surface area contributed by atoms with E-state index < -0.39 is 0 Å². The molecule has 1 aromatic heterocycles. The molecule has 28 heavy (non-hydrogen) atoms. The minimum absolute atomic E-state index is 0.0220. The Kier molecular flexibility index (Phi) is 5.37. The Morgan fingerprint density at radius 1 is 1.21 bits per heavy atom. The van der Waals surface area contributed by atoms with Gasteiger partial charge in [0.15, 0.2) is 5.13 Å². The third-order valence-electron chi connectivity index (χ3n) is 4.69. The van der Waals surface area contributed by atoms with E-state index in [9.17, 15) is 9.59 Å². The van der Waals surface area contributed by atoms with Crippen molar-refractivity contribution in [2.45, 2.75) is 20.4 Å². The van der Waals surface area contributed by atoms with Gasteiger partial charge in [-0.05, 0) is 36.6 Å². The zero-order valence-electron chi connectivity index (χ0n) is 15.8. The smallest absolute Gasteiger partial charge is 0.248 e. The summed E-state index contributed by atoms with van der Waals surface area (Å²) in [5.74, 6) is 0.940. The number of thiazole rings is 1. The van der Waals surface area contributed by atoms with Gasteiger partial charge < -0.3 is 4.90 Å². The first-order valence-corrected chi connectivity index (χ1v) is 11.1. The van der Waals surface area contributed by atoms with Gasteiger partial charge in [0.25, 0.3) is 0 Å². The summed E-state index contributed by atoms with van der Waals surface area (Å²) in [6.45, 7) is 4.64. The minimum atomic E-state index is -0.104. The standard InChI is InChI=1S/C21H21N3O2S2/c1-14-8-15(2)20-17(9-14)28-21(22-20)24(10-16-6-4-3-5-7-16)18(25)11-23-13-27-12-19(23)26/h3-9H,10-13H2,1-2H3. The van der Waals surface area contributed by atoms with Crippen molar-refractivity contribution in [3.63, 3.8) is 0 Å². The Morgan fingerprint density at radius 2 is 2.00 bits per heavy atom. The van der Waals surface area contributed by atoms with Gasteiger partial charge >= 0.3 is 0 Å². The number of fused-ring (bicyclic) bond motifs is 1. The first-order valence-electron chi connectivity index (χ1n) is 9.09. The maximum atomic E-state index is 13.2. The highest BCUT2D eigenvalue weighted by Gasteiger charge is 2.27. The van der Waals surface area contributed by atoms with E-state index in [2.05, 4.69) is 19.1 Å². The highest BCUT2D eigenvalue weighted by molar-refractivity contribution is 8.00. The molecule has 1 saturated heterocycles. The van der Waals surface area contributed by atoms with Crippen molar-refractivity contribution in [1.82, 2.24) is 9.88 Å². The van der Waals surface area contributed by atoms with Crippen molar-refractivity contribution in [3.05, 3.63) is 59.2 Å². The van der Waals surface area contributed by atoms with E-state index >= 15 is 0 Å². The van der Waals surface area contributed by atoms with Crippen LogP contribution in [0.2, 0.25) is 0 Å². The van der Waals surface area contributed by atoms with Crippen molar-refractivity contribution >= 4 is 50.3 Å². The number of amides is 2. The predicted molar refractivity (Wildman–Crippen MR) is 116 cm³/mol.